The Kier molecular flexibility index (Phi) is 8.44. The summed E-state index contributed by atoms with van der Waals surface area (Å²) in [6.07, 6.45) is 8.06. The molecule has 0 aliphatic heterocycles. The second-order valence-electron chi connectivity index (χ2n) is 8.81. The Morgan fingerprint density at radius 3 is 2.33 bits per heavy atom. The summed E-state index contributed by atoms with van der Waals surface area (Å²) in [7, 11) is 1.57. The third-order valence-corrected chi connectivity index (χ3v) is 6.36. The summed E-state index contributed by atoms with van der Waals surface area (Å²) < 4.78 is 16.0. The van der Waals surface area contributed by atoms with Crippen LogP contribution in [-0.4, -0.2) is 37.4 Å². The van der Waals surface area contributed by atoms with Gasteiger partial charge in [0.05, 0.1) is 32.1 Å². The Labute approximate surface area is 209 Å². The van der Waals surface area contributed by atoms with E-state index in [0.717, 1.165) is 25.7 Å². The van der Waals surface area contributed by atoms with E-state index in [1.807, 2.05) is 12.1 Å². The van der Waals surface area contributed by atoms with Crippen LogP contribution in [0.4, 0.5) is 0 Å². The lowest BCUT2D eigenvalue weighted by Gasteiger charge is -2.30. The largest absolute Gasteiger partial charge is 0.497 e. The van der Waals surface area contributed by atoms with Crippen molar-refractivity contribution in [2.24, 2.45) is 0 Å². The summed E-state index contributed by atoms with van der Waals surface area (Å²) in [5.41, 5.74) is 0.699. The smallest absolute Gasteiger partial charge is 0.287 e. The molecule has 3 N–H and O–H groups in total. The number of ether oxygens (including phenoxy) is 1. The zero-order chi connectivity index (χ0) is 25.3. The van der Waals surface area contributed by atoms with E-state index in [0.29, 0.717) is 17.1 Å². The van der Waals surface area contributed by atoms with Crippen molar-refractivity contribution in [3.63, 3.8) is 0 Å². The first-order valence-corrected chi connectivity index (χ1v) is 12.1. The van der Waals surface area contributed by atoms with Crippen LogP contribution < -0.4 is 20.7 Å². The minimum absolute atomic E-state index is 0.0903. The molecule has 2 aromatic heterocycles. The number of methoxy groups -OCH3 is 1. The monoisotopic (exact) mass is 493 g/mol. The van der Waals surface area contributed by atoms with Gasteiger partial charge in [0.2, 0.25) is 11.8 Å². The zero-order valence-electron chi connectivity index (χ0n) is 20.2. The lowest BCUT2D eigenvalue weighted by molar-refractivity contribution is -0.125. The molecule has 1 aromatic carbocycles. The number of hydrogen-bond acceptors (Lipinski definition) is 6. The Morgan fingerprint density at radius 1 is 0.972 bits per heavy atom. The SMILES string of the molecule is COc1ccc(C(C(=O)NC2CCCCC2)C(NC(=O)CNC(=O)c2ccco2)c2ccco2)cc1. The first-order valence-electron chi connectivity index (χ1n) is 12.1. The first kappa shape index (κ1) is 25.1. The van der Waals surface area contributed by atoms with Crippen molar-refractivity contribution in [1.29, 1.82) is 0 Å². The van der Waals surface area contributed by atoms with Gasteiger partial charge >= 0.3 is 0 Å². The van der Waals surface area contributed by atoms with Gasteiger partial charge < -0.3 is 29.5 Å². The fourth-order valence-corrected chi connectivity index (χ4v) is 4.51. The van der Waals surface area contributed by atoms with Crippen molar-refractivity contribution in [2.75, 3.05) is 13.7 Å². The van der Waals surface area contributed by atoms with Crippen LogP contribution in [0.3, 0.4) is 0 Å². The van der Waals surface area contributed by atoms with Gasteiger partial charge in [0, 0.05) is 6.04 Å². The predicted molar refractivity (Wildman–Crippen MR) is 131 cm³/mol. The molecule has 0 saturated heterocycles. The van der Waals surface area contributed by atoms with E-state index in [1.54, 1.807) is 37.4 Å². The molecule has 0 radical (unpaired) electrons. The summed E-state index contributed by atoms with van der Waals surface area (Å²) in [5.74, 6) is -0.757. The number of carbonyl (C=O) groups is 3. The maximum atomic E-state index is 13.7. The molecule has 2 unspecified atom stereocenters. The highest BCUT2D eigenvalue weighted by Gasteiger charge is 2.35. The second kappa shape index (κ2) is 12.1. The molecule has 0 bridgehead atoms. The number of nitrogens with one attached hydrogen (secondary N) is 3. The molecule has 3 amide bonds. The van der Waals surface area contributed by atoms with Crippen LogP contribution in [0.1, 0.15) is 65.9 Å². The number of carbonyl (C=O) groups excluding carboxylic acids is 3. The van der Waals surface area contributed by atoms with Crippen LogP contribution in [0, 0.1) is 0 Å². The fourth-order valence-electron chi connectivity index (χ4n) is 4.51. The van der Waals surface area contributed by atoms with Gasteiger partial charge in [0.25, 0.3) is 5.91 Å². The number of hydrogen-bond donors (Lipinski definition) is 3. The average Bonchev–Trinajstić information content (AvgIpc) is 3.63. The minimum Gasteiger partial charge on any atom is -0.497 e. The van der Waals surface area contributed by atoms with Gasteiger partial charge in [0.15, 0.2) is 5.76 Å². The summed E-state index contributed by atoms with van der Waals surface area (Å²) >= 11 is 0. The molecule has 1 aliphatic carbocycles. The molecule has 2 atom stereocenters. The first-order chi connectivity index (χ1) is 17.5. The van der Waals surface area contributed by atoms with Crippen LogP contribution in [0.15, 0.2) is 69.9 Å². The van der Waals surface area contributed by atoms with Crippen molar-refractivity contribution in [3.8, 4) is 5.75 Å². The lowest BCUT2D eigenvalue weighted by Crippen LogP contribution is -2.46. The maximum absolute atomic E-state index is 13.7. The Hall–Kier alpha value is -4.01. The van der Waals surface area contributed by atoms with Gasteiger partial charge in [-0.1, -0.05) is 31.4 Å². The molecule has 36 heavy (non-hydrogen) atoms. The van der Waals surface area contributed by atoms with E-state index in [4.69, 9.17) is 13.6 Å². The summed E-state index contributed by atoms with van der Waals surface area (Å²) in [5, 5.41) is 8.61. The van der Waals surface area contributed by atoms with Gasteiger partial charge in [-0.05, 0) is 54.8 Å². The van der Waals surface area contributed by atoms with Crippen molar-refractivity contribution in [2.45, 2.75) is 50.1 Å². The van der Waals surface area contributed by atoms with Crippen molar-refractivity contribution in [1.82, 2.24) is 16.0 Å². The Bertz CT molecular complexity index is 1120. The quantitative estimate of drug-likeness (QED) is 0.396. The van der Waals surface area contributed by atoms with Gasteiger partial charge in [-0.15, -0.1) is 0 Å². The molecule has 4 rings (SSSR count). The Balaban J connectivity index is 1.56. The van der Waals surface area contributed by atoms with Crippen LogP contribution >= 0.6 is 0 Å². The molecule has 1 saturated carbocycles. The standard InChI is InChI=1S/C27H31N3O6/c1-34-20-13-11-18(12-14-20)24(27(33)29-19-7-3-2-4-8-19)25(21-9-5-15-35-21)30-23(31)17-28-26(32)22-10-6-16-36-22/h5-6,9-16,19,24-25H,2-4,7-8,17H2,1H3,(H,28,32)(H,29,33)(H,30,31). The molecule has 1 fully saturated rings. The van der Waals surface area contributed by atoms with E-state index < -0.39 is 23.8 Å². The molecule has 9 heteroatoms. The van der Waals surface area contributed by atoms with E-state index in [9.17, 15) is 14.4 Å². The summed E-state index contributed by atoms with van der Waals surface area (Å²) in [6.45, 7) is -0.295. The van der Waals surface area contributed by atoms with E-state index in [1.165, 1.54) is 25.0 Å². The number of benzene rings is 1. The Morgan fingerprint density at radius 2 is 1.69 bits per heavy atom. The van der Waals surface area contributed by atoms with Crippen molar-refractivity contribution < 1.29 is 28.0 Å². The molecule has 0 spiro atoms. The van der Waals surface area contributed by atoms with E-state index in [2.05, 4.69) is 16.0 Å². The third-order valence-electron chi connectivity index (χ3n) is 6.36. The maximum Gasteiger partial charge on any atom is 0.287 e. The highest BCUT2D eigenvalue weighted by Crippen LogP contribution is 2.33. The van der Waals surface area contributed by atoms with Crippen LogP contribution in [0.5, 0.6) is 5.75 Å². The average molecular weight is 494 g/mol. The van der Waals surface area contributed by atoms with E-state index in [-0.39, 0.29) is 24.3 Å². The van der Waals surface area contributed by atoms with E-state index >= 15 is 0 Å². The molecule has 9 nitrogen and oxygen atoms in total. The number of rotatable bonds is 10. The van der Waals surface area contributed by atoms with Crippen molar-refractivity contribution >= 4 is 17.7 Å². The highest BCUT2D eigenvalue weighted by molar-refractivity contribution is 5.94. The molecule has 1 aliphatic rings. The number of furan rings is 2. The van der Waals surface area contributed by atoms with Gasteiger partial charge in [-0.3, -0.25) is 14.4 Å². The molecule has 190 valence electrons. The predicted octanol–water partition coefficient (Wildman–Crippen LogP) is 3.70. The lowest BCUT2D eigenvalue weighted by atomic mass is 9.87. The normalized spacial score (nSPS) is 15.5. The summed E-state index contributed by atoms with van der Waals surface area (Å²) in [6, 6.07) is 13.0. The van der Waals surface area contributed by atoms with Gasteiger partial charge in [-0.25, -0.2) is 0 Å². The third kappa shape index (κ3) is 6.35. The topological polar surface area (TPSA) is 123 Å². The van der Waals surface area contributed by atoms with Crippen LogP contribution in [-0.2, 0) is 9.59 Å². The van der Waals surface area contributed by atoms with Crippen molar-refractivity contribution in [3.05, 3.63) is 78.1 Å². The van der Waals surface area contributed by atoms with Gasteiger partial charge in [0.1, 0.15) is 17.6 Å². The molecular formula is C27H31N3O6. The van der Waals surface area contributed by atoms with Crippen LogP contribution in [0.2, 0.25) is 0 Å². The molecular weight excluding hydrogens is 462 g/mol. The zero-order valence-corrected chi connectivity index (χ0v) is 20.2. The fraction of sp³-hybridized carbons (Fsp3) is 0.370. The molecule has 3 aromatic rings. The number of amides is 3. The van der Waals surface area contributed by atoms with Gasteiger partial charge in [-0.2, -0.15) is 0 Å². The summed E-state index contributed by atoms with van der Waals surface area (Å²) in [4.78, 5) is 38.8. The second-order valence-corrected chi connectivity index (χ2v) is 8.81. The molecule has 2 heterocycles. The van der Waals surface area contributed by atoms with Crippen LogP contribution in [0.25, 0.3) is 0 Å². The minimum atomic E-state index is -0.801. The highest BCUT2D eigenvalue weighted by atomic mass is 16.5.